The summed E-state index contributed by atoms with van der Waals surface area (Å²) in [7, 11) is 0. The summed E-state index contributed by atoms with van der Waals surface area (Å²) in [5.41, 5.74) is 6.18. The van der Waals surface area contributed by atoms with E-state index in [2.05, 4.69) is 4.90 Å². The third-order valence-corrected chi connectivity index (χ3v) is 3.87. The number of nitrogens with zero attached hydrogens (tertiary/aromatic N) is 1. The highest BCUT2D eigenvalue weighted by Crippen LogP contribution is 2.27. The van der Waals surface area contributed by atoms with Gasteiger partial charge in [0.25, 0.3) is 0 Å². The van der Waals surface area contributed by atoms with Gasteiger partial charge in [-0.2, -0.15) is 0 Å². The number of rotatable bonds is 5. The fourth-order valence-electron chi connectivity index (χ4n) is 2.77. The standard InChI is InChI=1S/C13H19NO3.C7H7NO3/c1-8(2)14(9(3)4)10-5-6-12(15)11(7-10)13(16)17;8-4-1-2-6(9)5(3-4)7(10)11/h5-9,15H,1-4H3,(H,16,17);1-3,9H,8H2,(H,10,11). The van der Waals surface area contributed by atoms with Gasteiger partial charge in [0.05, 0.1) is 0 Å². The van der Waals surface area contributed by atoms with Gasteiger partial charge >= 0.3 is 11.9 Å². The number of anilines is 2. The second-order valence-corrected chi connectivity index (χ2v) is 6.68. The third kappa shape index (κ3) is 5.80. The molecule has 8 nitrogen and oxygen atoms in total. The Bertz CT molecular complexity index is 841. The normalized spacial score (nSPS) is 10.4. The van der Waals surface area contributed by atoms with E-state index in [0.717, 1.165) is 5.69 Å². The predicted octanol–water partition coefficient (Wildman–Crippen LogP) is 3.39. The molecule has 2 aromatic carbocycles. The summed E-state index contributed by atoms with van der Waals surface area (Å²) in [5.74, 6) is -2.77. The van der Waals surface area contributed by atoms with Crippen molar-refractivity contribution in [1.82, 2.24) is 0 Å². The van der Waals surface area contributed by atoms with Crippen LogP contribution >= 0.6 is 0 Å². The molecular formula is C20H26N2O6. The van der Waals surface area contributed by atoms with Crippen molar-refractivity contribution in [3.63, 3.8) is 0 Å². The molecular weight excluding hydrogens is 364 g/mol. The van der Waals surface area contributed by atoms with Crippen LogP contribution in [0.2, 0.25) is 0 Å². The molecule has 0 aliphatic rings. The van der Waals surface area contributed by atoms with Crippen LogP contribution in [0, 0.1) is 0 Å². The Hall–Kier alpha value is -3.42. The van der Waals surface area contributed by atoms with Gasteiger partial charge in [0.15, 0.2) is 0 Å². The molecule has 0 saturated heterocycles. The molecule has 0 unspecified atom stereocenters. The average molecular weight is 390 g/mol. The summed E-state index contributed by atoms with van der Waals surface area (Å²) in [6.45, 7) is 8.20. The van der Waals surface area contributed by atoms with Crippen LogP contribution in [0.4, 0.5) is 11.4 Å². The third-order valence-electron chi connectivity index (χ3n) is 3.87. The number of carbonyl (C=O) groups is 2. The van der Waals surface area contributed by atoms with Gasteiger partial charge in [-0.3, -0.25) is 0 Å². The lowest BCUT2D eigenvalue weighted by Gasteiger charge is -2.33. The van der Waals surface area contributed by atoms with E-state index in [0.29, 0.717) is 5.69 Å². The van der Waals surface area contributed by atoms with Crippen molar-refractivity contribution in [2.24, 2.45) is 0 Å². The van der Waals surface area contributed by atoms with Gasteiger partial charge in [0.1, 0.15) is 22.6 Å². The zero-order chi connectivity index (χ0) is 21.6. The Labute approximate surface area is 163 Å². The number of carboxylic acids is 2. The first-order valence-electron chi connectivity index (χ1n) is 8.62. The van der Waals surface area contributed by atoms with Crippen LogP contribution in [0.15, 0.2) is 36.4 Å². The Kier molecular flexibility index (Phi) is 7.67. The van der Waals surface area contributed by atoms with Crippen LogP contribution in [-0.2, 0) is 0 Å². The molecule has 0 aliphatic carbocycles. The summed E-state index contributed by atoms with van der Waals surface area (Å²) in [5, 5.41) is 35.9. The monoisotopic (exact) mass is 390 g/mol. The fourth-order valence-corrected chi connectivity index (χ4v) is 2.77. The van der Waals surface area contributed by atoms with Gasteiger partial charge in [-0.05, 0) is 64.1 Å². The molecule has 28 heavy (non-hydrogen) atoms. The number of carboxylic acid groups (broad SMARTS) is 2. The Balaban J connectivity index is 0.000000307. The van der Waals surface area contributed by atoms with Crippen molar-refractivity contribution in [3.8, 4) is 11.5 Å². The number of aromatic hydroxyl groups is 2. The Morgan fingerprint density at radius 3 is 1.64 bits per heavy atom. The van der Waals surface area contributed by atoms with Crippen molar-refractivity contribution in [2.45, 2.75) is 39.8 Å². The maximum atomic E-state index is 11.0. The molecule has 0 heterocycles. The van der Waals surface area contributed by atoms with Crippen molar-refractivity contribution in [1.29, 1.82) is 0 Å². The van der Waals surface area contributed by atoms with E-state index >= 15 is 0 Å². The summed E-state index contributed by atoms with van der Waals surface area (Å²) in [6.07, 6.45) is 0. The number of aromatic carboxylic acids is 2. The van der Waals surface area contributed by atoms with Crippen LogP contribution in [0.5, 0.6) is 11.5 Å². The van der Waals surface area contributed by atoms with Gasteiger partial charge in [-0.1, -0.05) is 0 Å². The molecule has 0 saturated carbocycles. The number of hydrogen-bond acceptors (Lipinski definition) is 6. The second kappa shape index (κ2) is 9.50. The molecule has 8 heteroatoms. The quantitative estimate of drug-likeness (QED) is 0.386. The Morgan fingerprint density at radius 2 is 1.25 bits per heavy atom. The van der Waals surface area contributed by atoms with Crippen LogP contribution in [-0.4, -0.2) is 44.4 Å². The Morgan fingerprint density at radius 1 is 0.821 bits per heavy atom. The van der Waals surface area contributed by atoms with Crippen LogP contribution in [0.1, 0.15) is 48.4 Å². The highest BCUT2D eigenvalue weighted by molar-refractivity contribution is 5.92. The molecule has 0 aromatic heterocycles. The van der Waals surface area contributed by atoms with Gasteiger partial charge in [0.2, 0.25) is 0 Å². The lowest BCUT2D eigenvalue weighted by molar-refractivity contribution is 0.0682. The molecule has 2 rings (SSSR count). The largest absolute Gasteiger partial charge is 0.507 e. The average Bonchev–Trinajstić information content (AvgIpc) is 2.58. The maximum absolute atomic E-state index is 11.0. The van der Waals surface area contributed by atoms with E-state index in [1.54, 1.807) is 6.07 Å². The molecule has 0 bridgehead atoms. The summed E-state index contributed by atoms with van der Waals surface area (Å²) in [4.78, 5) is 23.4. The SMILES string of the molecule is CC(C)N(c1ccc(O)c(C(=O)O)c1)C(C)C.Nc1ccc(O)c(C(=O)O)c1. The second-order valence-electron chi connectivity index (χ2n) is 6.68. The fraction of sp³-hybridized carbons (Fsp3) is 0.300. The topological polar surface area (TPSA) is 144 Å². The minimum atomic E-state index is -1.19. The molecule has 0 fully saturated rings. The first kappa shape index (κ1) is 22.6. The van der Waals surface area contributed by atoms with E-state index in [9.17, 15) is 14.7 Å². The van der Waals surface area contributed by atoms with Gasteiger partial charge < -0.3 is 31.1 Å². The first-order valence-corrected chi connectivity index (χ1v) is 8.62. The first-order chi connectivity index (χ1) is 13.0. The summed E-state index contributed by atoms with van der Waals surface area (Å²) < 4.78 is 0. The van der Waals surface area contributed by atoms with E-state index in [1.807, 2.05) is 27.7 Å². The van der Waals surface area contributed by atoms with E-state index in [4.69, 9.17) is 21.1 Å². The lowest BCUT2D eigenvalue weighted by Crippen LogP contribution is -2.37. The van der Waals surface area contributed by atoms with Crippen molar-refractivity contribution in [3.05, 3.63) is 47.5 Å². The van der Waals surface area contributed by atoms with Gasteiger partial charge in [0, 0.05) is 23.5 Å². The molecule has 0 radical (unpaired) electrons. The molecule has 152 valence electrons. The molecule has 0 aliphatic heterocycles. The molecule has 0 atom stereocenters. The highest BCUT2D eigenvalue weighted by Gasteiger charge is 2.17. The molecule has 0 amide bonds. The van der Waals surface area contributed by atoms with Crippen molar-refractivity contribution >= 4 is 23.3 Å². The predicted molar refractivity (Wildman–Crippen MR) is 107 cm³/mol. The summed E-state index contributed by atoms with van der Waals surface area (Å²) in [6, 6.07) is 9.09. The van der Waals surface area contributed by atoms with Crippen molar-refractivity contribution in [2.75, 3.05) is 10.6 Å². The molecule has 6 N–H and O–H groups in total. The van der Waals surface area contributed by atoms with Crippen LogP contribution < -0.4 is 10.6 Å². The number of phenols is 2. The van der Waals surface area contributed by atoms with E-state index < -0.39 is 11.9 Å². The number of benzene rings is 2. The number of hydrogen-bond donors (Lipinski definition) is 5. The minimum absolute atomic E-state index is 0.0613. The van der Waals surface area contributed by atoms with Gasteiger partial charge in [-0.25, -0.2) is 9.59 Å². The summed E-state index contributed by atoms with van der Waals surface area (Å²) >= 11 is 0. The molecule has 0 spiro atoms. The zero-order valence-corrected chi connectivity index (χ0v) is 16.2. The molecule has 2 aromatic rings. The van der Waals surface area contributed by atoms with Crippen LogP contribution in [0.3, 0.4) is 0 Å². The maximum Gasteiger partial charge on any atom is 0.339 e. The number of nitrogen functional groups attached to an aromatic ring is 1. The smallest absolute Gasteiger partial charge is 0.339 e. The minimum Gasteiger partial charge on any atom is -0.507 e. The lowest BCUT2D eigenvalue weighted by atomic mass is 10.1. The highest BCUT2D eigenvalue weighted by atomic mass is 16.4. The zero-order valence-electron chi connectivity index (χ0n) is 16.2. The van der Waals surface area contributed by atoms with Crippen LogP contribution in [0.25, 0.3) is 0 Å². The van der Waals surface area contributed by atoms with Crippen molar-refractivity contribution < 1.29 is 30.0 Å². The van der Waals surface area contributed by atoms with E-state index in [-0.39, 0.29) is 34.7 Å². The van der Waals surface area contributed by atoms with E-state index in [1.165, 1.54) is 30.3 Å². The number of nitrogens with two attached hydrogens (primary N) is 1. The van der Waals surface area contributed by atoms with Gasteiger partial charge in [-0.15, -0.1) is 0 Å².